The Bertz CT molecular complexity index is 452. The molecule has 0 aromatic rings. The molecule has 0 aromatic heterocycles. The summed E-state index contributed by atoms with van der Waals surface area (Å²) in [5.41, 5.74) is 0. The van der Waals surface area contributed by atoms with E-state index < -0.39 is 10.2 Å². The third kappa shape index (κ3) is 4.38. The van der Waals surface area contributed by atoms with Gasteiger partial charge < -0.3 is 9.80 Å². The van der Waals surface area contributed by atoms with E-state index in [0.29, 0.717) is 45.4 Å². The van der Waals surface area contributed by atoms with Crippen LogP contribution in [0, 0.1) is 0 Å². The van der Waals surface area contributed by atoms with E-state index in [9.17, 15) is 13.2 Å². The third-order valence-electron chi connectivity index (χ3n) is 4.27. The topological polar surface area (TPSA) is 73.0 Å². The molecule has 0 spiro atoms. The summed E-state index contributed by atoms with van der Waals surface area (Å²) in [5.74, 6) is 0.148. The highest BCUT2D eigenvalue weighted by Crippen LogP contribution is 2.14. The number of likely N-dealkylation sites (N-methyl/N-ethyl adjacent to an activating group) is 1. The fraction of sp³-hybridized carbons (Fsp3) is 0.923. The second-order valence-corrected chi connectivity index (χ2v) is 7.54. The first-order chi connectivity index (χ1) is 9.92. The molecule has 0 aliphatic carbocycles. The van der Waals surface area contributed by atoms with Gasteiger partial charge in [-0.05, 0) is 19.9 Å². The standard InChI is InChI=1S/C13H26N4O3S/c1-3-13(18)16-6-4-12(5-7-16)14-21(19,20)17-10-8-15(2)9-11-17/h12,14H,3-11H2,1-2H3. The molecule has 8 heteroatoms. The summed E-state index contributed by atoms with van der Waals surface area (Å²) in [7, 11) is -1.40. The first-order valence-corrected chi connectivity index (χ1v) is 9.10. The molecule has 7 nitrogen and oxygen atoms in total. The maximum Gasteiger partial charge on any atom is 0.279 e. The van der Waals surface area contributed by atoms with Crippen LogP contribution in [0.4, 0.5) is 0 Å². The van der Waals surface area contributed by atoms with Gasteiger partial charge >= 0.3 is 0 Å². The molecule has 21 heavy (non-hydrogen) atoms. The highest BCUT2D eigenvalue weighted by molar-refractivity contribution is 7.87. The van der Waals surface area contributed by atoms with Gasteiger partial charge in [0.15, 0.2) is 0 Å². The predicted molar refractivity (Wildman–Crippen MR) is 81.0 cm³/mol. The summed E-state index contributed by atoms with van der Waals surface area (Å²) >= 11 is 0. The molecular formula is C13H26N4O3S. The van der Waals surface area contributed by atoms with Gasteiger partial charge in [0.1, 0.15) is 0 Å². The number of rotatable bonds is 4. The number of carbonyl (C=O) groups excluding carboxylic acids is 1. The quantitative estimate of drug-likeness (QED) is 0.756. The van der Waals surface area contributed by atoms with Crippen molar-refractivity contribution in [3.05, 3.63) is 0 Å². The fourth-order valence-electron chi connectivity index (χ4n) is 2.78. The zero-order valence-corrected chi connectivity index (χ0v) is 13.7. The Kier molecular flexibility index (Phi) is 5.59. The lowest BCUT2D eigenvalue weighted by atomic mass is 10.1. The van der Waals surface area contributed by atoms with E-state index in [2.05, 4.69) is 9.62 Å². The minimum atomic E-state index is -3.40. The smallest absolute Gasteiger partial charge is 0.279 e. The van der Waals surface area contributed by atoms with Crippen molar-refractivity contribution < 1.29 is 13.2 Å². The van der Waals surface area contributed by atoms with Gasteiger partial charge in [0.25, 0.3) is 10.2 Å². The van der Waals surface area contributed by atoms with Crippen LogP contribution in [0.3, 0.4) is 0 Å². The summed E-state index contributed by atoms with van der Waals surface area (Å²) in [6, 6.07) is -0.0597. The van der Waals surface area contributed by atoms with Crippen molar-refractivity contribution in [2.24, 2.45) is 0 Å². The molecule has 0 atom stereocenters. The zero-order valence-electron chi connectivity index (χ0n) is 12.9. The van der Waals surface area contributed by atoms with E-state index in [0.717, 1.165) is 13.1 Å². The normalized spacial score (nSPS) is 23.4. The molecule has 2 saturated heterocycles. The second kappa shape index (κ2) is 7.04. The molecule has 2 heterocycles. The maximum absolute atomic E-state index is 12.3. The molecule has 0 bridgehead atoms. The van der Waals surface area contributed by atoms with Crippen LogP contribution in [0.1, 0.15) is 26.2 Å². The monoisotopic (exact) mass is 318 g/mol. The van der Waals surface area contributed by atoms with E-state index in [1.54, 1.807) is 0 Å². The van der Waals surface area contributed by atoms with Crippen LogP contribution >= 0.6 is 0 Å². The van der Waals surface area contributed by atoms with E-state index >= 15 is 0 Å². The molecule has 2 aliphatic rings. The minimum absolute atomic E-state index is 0.0597. The fourth-order valence-corrected chi connectivity index (χ4v) is 4.23. The molecule has 1 amide bonds. The van der Waals surface area contributed by atoms with Crippen molar-refractivity contribution in [1.82, 2.24) is 18.8 Å². The summed E-state index contributed by atoms with van der Waals surface area (Å²) in [6.07, 6.45) is 1.90. The molecule has 0 unspecified atom stereocenters. The van der Waals surface area contributed by atoms with Crippen LogP contribution in [0.5, 0.6) is 0 Å². The van der Waals surface area contributed by atoms with Gasteiger partial charge in [0.2, 0.25) is 5.91 Å². The van der Waals surface area contributed by atoms with Gasteiger partial charge in [0, 0.05) is 51.7 Å². The van der Waals surface area contributed by atoms with Gasteiger partial charge in [0.05, 0.1) is 0 Å². The highest BCUT2D eigenvalue weighted by Gasteiger charge is 2.30. The number of piperazine rings is 1. The molecule has 2 fully saturated rings. The van der Waals surface area contributed by atoms with E-state index in [4.69, 9.17) is 0 Å². The summed E-state index contributed by atoms with van der Waals surface area (Å²) in [4.78, 5) is 15.6. The predicted octanol–water partition coefficient (Wildman–Crippen LogP) is -0.531. The molecule has 1 N–H and O–H groups in total. The lowest BCUT2D eigenvalue weighted by Gasteiger charge is -2.35. The molecule has 2 rings (SSSR count). The van der Waals surface area contributed by atoms with Crippen LogP contribution in [-0.4, -0.2) is 80.8 Å². The Balaban J connectivity index is 1.83. The number of likely N-dealkylation sites (tertiary alicyclic amines) is 1. The van der Waals surface area contributed by atoms with Crippen molar-refractivity contribution in [3.63, 3.8) is 0 Å². The maximum atomic E-state index is 12.3. The molecule has 2 aliphatic heterocycles. The Morgan fingerprint density at radius 3 is 2.19 bits per heavy atom. The Morgan fingerprint density at radius 1 is 1.10 bits per heavy atom. The molecule has 122 valence electrons. The largest absolute Gasteiger partial charge is 0.343 e. The highest BCUT2D eigenvalue weighted by atomic mass is 32.2. The number of hydrogen-bond acceptors (Lipinski definition) is 4. The van der Waals surface area contributed by atoms with Crippen LogP contribution in [0.25, 0.3) is 0 Å². The average Bonchev–Trinajstić information content (AvgIpc) is 2.47. The van der Waals surface area contributed by atoms with Crippen LogP contribution in [0.15, 0.2) is 0 Å². The zero-order chi connectivity index (χ0) is 15.5. The Hall–Kier alpha value is -0.700. The van der Waals surface area contributed by atoms with E-state index in [-0.39, 0.29) is 11.9 Å². The lowest BCUT2D eigenvalue weighted by Crippen LogP contribution is -2.54. The SMILES string of the molecule is CCC(=O)N1CCC(NS(=O)(=O)N2CCN(C)CC2)CC1. The third-order valence-corrected chi connectivity index (χ3v) is 5.94. The van der Waals surface area contributed by atoms with Crippen LogP contribution in [-0.2, 0) is 15.0 Å². The summed E-state index contributed by atoms with van der Waals surface area (Å²) in [5, 5.41) is 0. The van der Waals surface area contributed by atoms with Gasteiger partial charge in [-0.2, -0.15) is 17.4 Å². The molecular weight excluding hydrogens is 292 g/mol. The van der Waals surface area contributed by atoms with Gasteiger partial charge in [-0.3, -0.25) is 4.79 Å². The van der Waals surface area contributed by atoms with Crippen LogP contribution < -0.4 is 4.72 Å². The average molecular weight is 318 g/mol. The number of piperidine rings is 1. The summed E-state index contributed by atoms with van der Waals surface area (Å²) < 4.78 is 29.0. The first kappa shape index (κ1) is 16.7. The Morgan fingerprint density at radius 2 is 1.67 bits per heavy atom. The number of carbonyl (C=O) groups is 1. The molecule has 0 saturated carbocycles. The van der Waals surface area contributed by atoms with Crippen molar-refractivity contribution in [3.8, 4) is 0 Å². The molecule has 0 radical (unpaired) electrons. The summed E-state index contributed by atoms with van der Waals surface area (Å²) in [6.45, 7) is 5.75. The first-order valence-electron chi connectivity index (χ1n) is 7.66. The van der Waals surface area contributed by atoms with Crippen LogP contribution in [0.2, 0.25) is 0 Å². The van der Waals surface area contributed by atoms with Gasteiger partial charge in [-0.25, -0.2) is 0 Å². The van der Waals surface area contributed by atoms with Crippen molar-refractivity contribution in [1.29, 1.82) is 0 Å². The van der Waals surface area contributed by atoms with Crippen molar-refractivity contribution in [2.45, 2.75) is 32.2 Å². The number of amides is 1. The van der Waals surface area contributed by atoms with Gasteiger partial charge in [-0.1, -0.05) is 6.92 Å². The second-order valence-electron chi connectivity index (χ2n) is 5.83. The van der Waals surface area contributed by atoms with Gasteiger partial charge in [-0.15, -0.1) is 0 Å². The number of nitrogens with one attached hydrogen (secondary N) is 1. The van der Waals surface area contributed by atoms with E-state index in [1.807, 2.05) is 18.9 Å². The van der Waals surface area contributed by atoms with Crippen molar-refractivity contribution >= 4 is 16.1 Å². The number of nitrogens with zero attached hydrogens (tertiary/aromatic N) is 3. The molecule has 0 aromatic carbocycles. The van der Waals surface area contributed by atoms with E-state index in [1.165, 1.54) is 4.31 Å². The lowest BCUT2D eigenvalue weighted by molar-refractivity contribution is -0.131. The Labute approximate surface area is 127 Å². The number of hydrogen-bond donors (Lipinski definition) is 1. The minimum Gasteiger partial charge on any atom is -0.343 e. The van der Waals surface area contributed by atoms with Crippen molar-refractivity contribution in [2.75, 3.05) is 46.3 Å².